The number of anilines is 1. The molecule has 2 aromatic rings. The fraction of sp³-hybridized carbons (Fsp3) is 0.316. The van der Waals surface area contributed by atoms with E-state index in [0.717, 1.165) is 9.80 Å². The van der Waals surface area contributed by atoms with Crippen LogP contribution in [-0.4, -0.2) is 54.8 Å². The lowest BCUT2D eigenvalue weighted by atomic mass is 10.1. The first-order chi connectivity index (χ1) is 13.0. The molecule has 0 aliphatic carbocycles. The van der Waals surface area contributed by atoms with Crippen LogP contribution in [0.25, 0.3) is 0 Å². The van der Waals surface area contributed by atoms with Crippen molar-refractivity contribution < 1.29 is 28.1 Å². The van der Waals surface area contributed by atoms with Crippen molar-refractivity contribution in [2.24, 2.45) is 0 Å². The van der Waals surface area contributed by atoms with Crippen molar-refractivity contribution in [2.75, 3.05) is 31.1 Å². The molecule has 1 atom stereocenters. The number of hydrogen-bond donors (Lipinski definition) is 1. The van der Waals surface area contributed by atoms with Gasteiger partial charge in [0.15, 0.2) is 11.8 Å². The number of nitrogens with zero attached hydrogens (tertiary/aromatic N) is 2. The maximum absolute atomic E-state index is 13.1. The zero-order chi connectivity index (χ0) is 19.0. The molecule has 140 valence electrons. The zero-order valence-corrected chi connectivity index (χ0v) is 14.6. The Labute approximate surface area is 154 Å². The molecule has 0 saturated carbocycles. The normalized spacial score (nSPS) is 21.1. The number of furan rings is 1. The van der Waals surface area contributed by atoms with Gasteiger partial charge in [-0.05, 0) is 36.4 Å². The van der Waals surface area contributed by atoms with E-state index in [1.807, 2.05) is 0 Å². The fourth-order valence-electron chi connectivity index (χ4n) is 3.71. The molecule has 2 aliphatic rings. The van der Waals surface area contributed by atoms with E-state index in [1.54, 1.807) is 17.0 Å². The SMILES string of the molecule is O=C(c1ccco1)N1CC[NH+]([C@H]2CC(=O)N(c3ccc(F)cc3)C2=O)CC1. The Bertz CT molecular complexity index is 858. The minimum absolute atomic E-state index is 0.123. The number of rotatable bonds is 3. The van der Waals surface area contributed by atoms with Gasteiger partial charge in [-0.2, -0.15) is 0 Å². The first-order valence-electron chi connectivity index (χ1n) is 8.84. The summed E-state index contributed by atoms with van der Waals surface area (Å²) in [5, 5.41) is 0. The molecule has 0 unspecified atom stereocenters. The minimum Gasteiger partial charge on any atom is -0.459 e. The summed E-state index contributed by atoms with van der Waals surface area (Å²) in [4.78, 5) is 41.3. The fourth-order valence-corrected chi connectivity index (χ4v) is 3.71. The van der Waals surface area contributed by atoms with E-state index in [-0.39, 0.29) is 24.1 Å². The standard InChI is InChI=1S/C19H18FN3O4/c20-13-3-5-14(6-4-13)23-17(24)12-15(18(23)25)21-7-9-22(10-8-21)19(26)16-2-1-11-27-16/h1-6,11,15H,7-10,12H2/p+1/t15-/m0/s1. The third kappa shape index (κ3) is 3.23. The maximum Gasteiger partial charge on any atom is 0.292 e. The van der Waals surface area contributed by atoms with Crippen molar-refractivity contribution in [1.82, 2.24) is 4.90 Å². The lowest BCUT2D eigenvalue weighted by Crippen LogP contribution is -3.19. The van der Waals surface area contributed by atoms with Crippen molar-refractivity contribution in [1.29, 1.82) is 0 Å². The van der Waals surface area contributed by atoms with Crippen LogP contribution in [0.1, 0.15) is 17.0 Å². The van der Waals surface area contributed by atoms with Crippen LogP contribution in [0.2, 0.25) is 0 Å². The maximum atomic E-state index is 13.1. The van der Waals surface area contributed by atoms with Crippen LogP contribution in [0.4, 0.5) is 10.1 Å². The van der Waals surface area contributed by atoms with Crippen molar-refractivity contribution in [3.8, 4) is 0 Å². The number of nitrogens with one attached hydrogen (secondary N) is 1. The third-order valence-corrected chi connectivity index (χ3v) is 5.15. The molecule has 2 fully saturated rings. The van der Waals surface area contributed by atoms with Crippen LogP contribution in [0.3, 0.4) is 0 Å². The summed E-state index contributed by atoms with van der Waals surface area (Å²) < 4.78 is 18.3. The Balaban J connectivity index is 1.41. The predicted molar refractivity (Wildman–Crippen MR) is 92.6 cm³/mol. The highest BCUT2D eigenvalue weighted by Gasteiger charge is 2.46. The van der Waals surface area contributed by atoms with Gasteiger partial charge >= 0.3 is 0 Å². The average molecular weight is 372 g/mol. The summed E-state index contributed by atoms with van der Waals surface area (Å²) in [5.41, 5.74) is 0.389. The van der Waals surface area contributed by atoms with Gasteiger partial charge in [0, 0.05) is 0 Å². The van der Waals surface area contributed by atoms with Crippen molar-refractivity contribution in [3.05, 3.63) is 54.2 Å². The van der Waals surface area contributed by atoms with Gasteiger partial charge in [-0.1, -0.05) is 0 Å². The van der Waals surface area contributed by atoms with Crippen LogP contribution >= 0.6 is 0 Å². The molecule has 2 aliphatic heterocycles. The lowest BCUT2D eigenvalue weighted by Gasteiger charge is -2.34. The molecule has 0 bridgehead atoms. The Morgan fingerprint density at radius 1 is 1.11 bits per heavy atom. The van der Waals surface area contributed by atoms with Gasteiger partial charge in [0.05, 0.1) is 44.6 Å². The summed E-state index contributed by atoms with van der Waals surface area (Å²) in [6.45, 7) is 2.13. The van der Waals surface area contributed by atoms with Gasteiger partial charge in [-0.25, -0.2) is 9.29 Å². The lowest BCUT2D eigenvalue weighted by molar-refractivity contribution is -0.918. The predicted octanol–water partition coefficient (Wildman–Crippen LogP) is 0.0915. The van der Waals surface area contributed by atoms with Gasteiger partial charge in [0.1, 0.15) is 5.82 Å². The number of carbonyl (C=O) groups is 3. The number of piperazine rings is 1. The summed E-state index contributed by atoms with van der Waals surface area (Å²) in [5.74, 6) is -0.836. The first-order valence-corrected chi connectivity index (χ1v) is 8.84. The summed E-state index contributed by atoms with van der Waals surface area (Å²) in [7, 11) is 0. The van der Waals surface area contributed by atoms with Gasteiger partial charge in [0.2, 0.25) is 5.91 Å². The molecule has 1 aromatic carbocycles. The molecule has 7 nitrogen and oxygen atoms in total. The van der Waals surface area contributed by atoms with Gasteiger partial charge < -0.3 is 14.2 Å². The molecule has 2 saturated heterocycles. The topological polar surface area (TPSA) is 75.3 Å². The zero-order valence-electron chi connectivity index (χ0n) is 14.6. The largest absolute Gasteiger partial charge is 0.459 e. The van der Waals surface area contributed by atoms with E-state index in [1.165, 1.54) is 30.5 Å². The number of imide groups is 1. The molecule has 27 heavy (non-hydrogen) atoms. The molecule has 1 aromatic heterocycles. The molecular weight excluding hydrogens is 353 g/mol. The second kappa shape index (κ2) is 6.96. The van der Waals surface area contributed by atoms with Crippen LogP contribution in [0.15, 0.2) is 47.1 Å². The number of amides is 3. The molecule has 8 heteroatoms. The number of quaternary nitrogens is 1. The summed E-state index contributed by atoms with van der Waals surface area (Å²) >= 11 is 0. The van der Waals surface area contributed by atoms with Crippen LogP contribution in [0.5, 0.6) is 0 Å². The molecule has 3 amide bonds. The molecule has 0 radical (unpaired) electrons. The van der Waals surface area contributed by atoms with E-state index in [2.05, 4.69) is 0 Å². The first kappa shape index (κ1) is 17.4. The summed E-state index contributed by atoms with van der Waals surface area (Å²) in [6, 6.07) is 8.15. The minimum atomic E-state index is -0.469. The highest BCUT2D eigenvalue weighted by Crippen LogP contribution is 2.22. The van der Waals surface area contributed by atoms with E-state index in [0.29, 0.717) is 37.6 Å². The number of carbonyl (C=O) groups excluding carboxylic acids is 3. The van der Waals surface area contributed by atoms with Crippen LogP contribution in [-0.2, 0) is 9.59 Å². The second-order valence-corrected chi connectivity index (χ2v) is 6.73. The Kier molecular flexibility index (Phi) is 4.49. The number of benzene rings is 1. The molecular formula is C19H19FN3O4+. The molecule has 0 spiro atoms. The Morgan fingerprint density at radius 3 is 2.44 bits per heavy atom. The number of halogens is 1. The highest BCUT2D eigenvalue weighted by atomic mass is 19.1. The van der Waals surface area contributed by atoms with E-state index >= 15 is 0 Å². The van der Waals surface area contributed by atoms with Crippen molar-refractivity contribution >= 4 is 23.4 Å². The van der Waals surface area contributed by atoms with Crippen molar-refractivity contribution in [3.63, 3.8) is 0 Å². The monoisotopic (exact) mass is 372 g/mol. The van der Waals surface area contributed by atoms with Crippen LogP contribution < -0.4 is 9.80 Å². The second-order valence-electron chi connectivity index (χ2n) is 6.73. The molecule has 3 heterocycles. The highest BCUT2D eigenvalue weighted by molar-refractivity contribution is 6.21. The van der Waals surface area contributed by atoms with Gasteiger partial charge in [-0.15, -0.1) is 0 Å². The van der Waals surface area contributed by atoms with Crippen LogP contribution in [0, 0.1) is 5.82 Å². The quantitative estimate of drug-likeness (QED) is 0.775. The third-order valence-electron chi connectivity index (χ3n) is 5.15. The van der Waals surface area contributed by atoms with E-state index in [9.17, 15) is 18.8 Å². The average Bonchev–Trinajstić information content (AvgIpc) is 3.31. The Hall–Kier alpha value is -3.00. The van der Waals surface area contributed by atoms with Gasteiger partial charge in [0.25, 0.3) is 11.8 Å². The van der Waals surface area contributed by atoms with E-state index in [4.69, 9.17) is 4.42 Å². The molecule has 1 N–H and O–H groups in total. The van der Waals surface area contributed by atoms with Gasteiger partial charge in [-0.3, -0.25) is 14.4 Å². The van der Waals surface area contributed by atoms with Crippen molar-refractivity contribution in [2.45, 2.75) is 12.5 Å². The Morgan fingerprint density at radius 2 is 1.81 bits per heavy atom. The smallest absolute Gasteiger partial charge is 0.292 e. The summed E-state index contributed by atoms with van der Waals surface area (Å²) in [6.07, 6.45) is 1.58. The van der Waals surface area contributed by atoms with E-state index < -0.39 is 11.9 Å². The number of hydrogen-bond acceptors (Lipinski definition) is 4. The molecule has 4 rings (SSSR count).